The normalized spacial score (nSPS) is 40.4. The number of rotatable bonds is 5. The van der Waals surface area contributed by atoms with E-state index in [2.05, 4.69) is 28.9 Å². The number of aliphatic hydroxyl groups excluding tert-OH is 3. The lowest BCUT2D eigenvalue weighted by Gasteiger charge is -2.53. The van der Waals surface area contributed by atoms with Gasteiger partial charge in [-0.1, -0.05) is 13.3 Å². The lowest BCUT2D eigenvalue weighted by molar-refractivity contribution is -0.106. The molecule has 9 unspecified atom stereocenters. The van der Waals surface area contributed by atoms with Crippen LogP contribution in [0.25, 0.3) is 10.9 Å². The summed E-state index contributed by atoms with van der Waals surface area (Å²) in [4.78, 5) is 6.53. The zero-order chi connectivity index (χ0) is 22.0. The van der Waals surface area contributed by atoms with Crippen LogP contribution in [-0.4, -0.2) is 76.0 Å². The fourth-order valence-electron chi connectivity index (χ4n) is 7.13. The largest absolute Gasteiger partial charge is 0.464 e. The second-order valence-corrected chi connectivity index (χ2v) is 10.3. The van der Waals surface area contributed by atoms with E-state index in [0.29, 0.717) is 17.7 Å². The Hall–Kier alpha value is -1.64. The van der Waals surface area contributed by atoms with E-state index in [1.54, 1.807) is 0 Å². The monoisotopic (exact) mass is 442 g/mol. The number of benzene rings is 1. The highest BCUT2D eigenvalue weighted by Crippen LogP contribution is 2.51. The van der Waals surface area contributed by atoms with Gasteiger partial charge in [0.15, 0.2) is 0 Å². The Kier molecular flexibility index (Phi) is 5.23. The minimum absolute atomic E-state index is 0.261. The summed E-state index contributed by atoms with van der Waals surface area (Å²) < 4.78 is 11.7. The number of H-pyrrole nitrogens is 1. The highest BCUT2D eigenvalue weighted by atomic mass is 16.7. The van der Waals surface area contributed by atoms with Gasteiger partial charge in [0, 0.05) is 41.6 Å². The summed E-state index contributed by atoms with van der Waals surface area (Å²) >= 11 is 0. The Morgan fingerprint density at radius 3 is 2.88 bits per heavy atom. The molecule has 7 rings (SSSR count). The molecule has 0 amide bonds. The van der Waals surface area contributed by atoms with Crippen LogP contribution in [0.1, 0.15) is 43.4 Å². The lowest BCUT2D eigenvalue weighted by Crippen LogP contribution is -2.56. The molecule has 4 bridgehead atoms. The van der Waals surface area contributed by atoms with Gasteiger partial charge in [-0.3, -0.25) is 4.90 Å². The van der Waals surface area contributed by atoms with Crippen molar-refractivity contribution in [3.05, 3.63) is 29.5 Å². The predicted octanol–water partition coefficient (Wildman–Crippen LogP) is 1.99. The Balaban J connectivity index is 1.32. The summed E-state index contributed by atoms with van der Waals surface area (Å²) in [6, 6.07) is 6.71. The zero-order valence-corrected chi connectivity index (χ0v) is 18.6. The number of hydrogen-bond donors (Lipinski definition) is 4. The number of hydrogen-bond acceptors (Lipinski definition) is 6. The van der Waals surface area contributed by atoms with Crippen LogP contribution in [0, 0.1) is 17.8 Å². The number of aromatic nitrogens is 1. The molecule has 3 saturated heterocycles. The molecule has 2 aromatic rings. The molecule has 1 aliphatic carbocycles. The van der Waals surface area contributed by atoms with Crippen molar-refractivity contribution in [2.45, 2.75) is 63.1 Å². The first-order valence-electron chi connectivity index (χ1n) is 12.2. The van der Waals surface area contributed by atoms with Crippen LogP contribution in [0.15, 0.2) is 18.2 Å². The number of piperidine rings is 2. The summed E-state index contributed by atoms with van der Waals surface area (Å²) in [5.41, 5.74) is 3.98. The number of aliphatic hydroxyl groups is 3. The van der Waals surface area contributed by atoms with Crippen molar-refractivity contribution in [1.29, 1.82) is 0 Å². The topological polar surface area (TPSA) is 98.2 Å². The first kappa shape index (κ1) is 20.9. The van der Waals surface area contributed by atoms with E-state index in [4.69, 9.17) is 9.47 Å². The van der Waals surface area contributed by atoms with Crippen LogP contribution < -0.4 is 4.74 Å². The molecule has 7 nitrogen and oxygen atoms in total. The molecule has 0 radical (unpaired) electrons. The molecule has 1 saturated carbocycles. The third-order valence-electron chi connectivity index (χ3n) is 8.61. The first-order valence-corrected chi connectivity index (χ1v) is 12.2. The van der Waals surface area contributed by atoms with Crippen molar-refractivity contribution in [2.75, 3.05) is 26.3 Å². The van der Waals surface area contributed by atoms with Crippen molar-refractivity contribution in [3.8, 4) is 5.75 Å². The Bertz CT molecular complexity index is 992. The fourth-order valence-corrected chi connectivity index (χ4v) is 7.13. The van der Waals surface area contributed by atoms with Crippen LogP contribution in [0.3, 0.4) is 0 Å². The number of nitrogens with zero attached hydrogens (tertiary/aromatic N) is 1. The van der Waals surface area contributed by atoms with E-state index in [9.17, 15) is 15.3 Å². The average Bonchev–Trinajstić information content (AvgIpc) is 3.30. The molecule has 4 N–H and O–H groups in total. The number of nitrogens with one attached hydrogen (secondary N) is 1. The van der Waals surface area contributed by atoms with Gasteiger partial charge in [0.05, 0.1) is 25.2 Å². The molecule has 7 heteroatoms. The van der Waals surface area contributed by atoms with E-state index < -0.39 is 24.4 Å². The van der Waals surface area contributed by atoms with Gasteiger partial charge in [-0.05, 0) is 54.9 Å². The van der Waals surface area contributed by atoms with Gasteiger partial charge in [0.2, 0.25) is 6.29 Å². The van der Waals surface area contributed by atoms with Crippen molar-refractivity contribution in [1.82, 2.24) is 9.88 Å². The predicted molar refractivity (Wildman–Crippen MR) is 120 cm³/mol. The molecular formula is C25H34N2O5. The van der Waals surface area contributed by atoms with Crippen LogP contribution in [0.5, 0.6) is 5.75 Å². The summed E-state index contributed by atoms with van der Waals surface area (Å²) in [5.74, 6) is 2.27. The molecule has 0 spiro atoms. The van der Waals surface area contributed by atoms with Crippen molar-refractivity contribution >= 4 is 10.9 Å². The molecule has 9 atom stereocenters. The highest BCUT2D eigenvalue weighted by Gasteiger charge is 2.49. The van der Waals surface area contributed by atoms with Gasteiger partial charge in [-0.25, -0.2) is 0 Å². The highest BCUT2D eigenvalue weighted by molar-refractivity contribution is 5.86. The molecule has 5 aliphatic rings. The maximum absolute atomic E-state index is 10.3. The summed E-state index contributed by atoms with van der Waals surface area (Å²) in [5, 5.41) is 30.6. The molecule has 32 heavy (non-hydrogen) atoms. The standard InChI is InChI=1S/C25H34N2O5/c1-2-14-7-13-8-18-22-16(5-6-27(10-13)23(14)18)17-9-15(3-4-20(17)26-22)31-25-19(11-28)24(30)21(12-29)32-25/h3-4,9,13-14,18-19,21,23-26,28-30H,2,5-8,10-12H2,1H3. The SMILES string of the molecule is CCC1CC2CC3c4[nH]c5ccc(OC6OC(CO)C(O)C6CO)cc5c4CCN(C2)C13. The van der Waals surface area contributed by atoms with Crippen LogP contribution >= 0.6 is 0 Å². The van der Waals surface area contributed by atoms with Crippen LogP contribution in [0.4, 0.5) is 0 Å². The van der Waals surface area contributed by atoms with E-state index >= 15 is 0 Å². The molecular weight excluding hydrogens is 408 g/mol. The second kappa shape index (κ2) is 7.99. The lowest BCUT2D eigenvalue weighted by atomic mass is 9.65. The minimum Gasteiger partial charge on any atom is -0.464 e. The molecule has 5 heterocycles. The fraction of sp³-hybridized carbons (Fsp3) is 0.680. The maximum Gasteiger partial charge on any atom is 0.207 e. The molecule has 4 fully saturated rings. The van der Waals surface area contributed by atoms with Crippen molar-refractivity contribution in [2.24, 2.45) is 17.8 Å². The van der Waals surface area contributed by atoms with Gasteiger partial charge in [0.25, 0.3) is 0 Å². The zero-order valence-electron chi connectivity index (χ0n) is 18.6. The van der Waals surface area contributed by atoms with Gasteiger partial charge >= 0.3 is 0 Å². The van der Waals surface area contributed by atoms with Crippen LogP contribution in [-0.2, 0) is 11.2 Å². The smallest absolute Gasteiger partial charge is 0.207 e. The van der Waals surface area contributed by atoms with E-state index in [1.807, 2.05) is 6.07 Å². The second-order valence-electron chi connectivity index (χ2n) is 10.3. The Morgan fingerprint density at radius 2 is 2.09 bits per heavy atom. The van der Waals surface area contributed by atoms with Gasteiger partial charge in [-0.2, -0.15) is 0 Å². The third kappa shape index (κ3) is 3.13. The van der Waals surface area contributed by atoms with Crippen molar-refractivity contribution in [3.63, 3.8) is 0 Å². The maximum atomic E-state index is 10.3. The summed E-state index contributed by atoms with van der Waals surface area (Å²) in [6.45, 7) is 4.15. The van der Waals surface area contributed by atoms with Gasteiger partial charge in [-0.15, -0.1) is 0 Å². The molecule has 4 aliphatic heterocycles. The Morgan fingerprint density at radius 1 is 1.22 bits per heavy atom. The van der Waals surface area contributed by atoms with Gasteiger partial charge in [0.1, 0.15) is 11.9 Å². The average molecular weight is 443 g/mol. The molecule has 174 valence electrons. The summed E-state index contributed by atoms with van der Waals surface area (Å²) in [7, 11) is 0. The quantitative estimate of drug-likeness (QED) is 0.566. The first-order chi connectivity index (χ1) is 15.6. The minimum atomic E-state index is -0.947. The van der Waals surface area contributed by atoms with Crippen LogP contribution in [0.2, 0.25) is 0 Å². The molecule has 1 aromatic heterocycles. The van der Waals surface area contributed by atoms with E-state index in [0.717, 1.165) is 30.3 Å². The Labute approximate surface area is 188 Å². The van der Waals surface area contributed by atoms with Crippen molar-refractivity contribution < 1.29 is 24.8 Å². The van der Waals surface area contributed by atoms with E-state index in [1.165, 1.54) is 42.5 Å². The van der Waals surface area contributed by atoms with Gasteiger partial charge < -0.3 is 29.8 Å². The molecule has 1 aromatic carbocycles. The number of ether oxygens (including phenoxy) is 2. The third-order valence-corrected chi connectivity index (χ3v) is 8.61. The van der Waals surface area contributed by atoms with E-state index in [-0.39, 0.29) is 13.2 Å². The summed E-state index contributed by atoms with van der Waals surface area (Å²) in [6.07, 6.45) is 2.51. The number of fused-ring (bicyclic) bond motifs is 4. The number of aromatic amines is 1.